The van der Waals surface area contributed by atoms with E-state index in [-0.39, 0.29) is 5.91 Å². The van der Waals surface area contributed by atoms with Crippen molar-refractivity contribution in [3.63, 3.8) is 0 Å². The zero-order chi connectivity index (χ0) is 13.9. The molecule has 1 amide bonds. The van der Waals surface area contributed by atoms with Gasteiger partial charge in [0.25, 0.3) is 5.91 Å². The van der Waals surface area contributed by atoms with Crippen molar-refractivity contribution in [1.29, 1.82) is 0 Å². The van der Waals surface area contributed by atoms with E-state index >= 15 is 0 Å². The van der Waals surface area contributed by atoms with Gasteiger partial charge < -0.3 is 10.0 Å². The normalized spacial score (nSPS) is 23.3. The lowest BCUT2D eigenvalue weighted by Gasteiger charge is -2.39. The van der Waals surface area contributed by atoms with Gasteiger partial charge in [0.1, 0.15) is 0 Å². The lowest BCUT2D eigenvalue weighted by atomic mass is 9.76. The predicted octanol–water partition coefficient (Wildman–Crippen LogP) is 2.86. The minimum Gasteiger partial charge on any atom is -0.481 e. The molecule has 1 N–H and O–H groups in total. The molecule has 104 valence electrons. The molecule has 2 rings (SSSR count). The smallest absolute Gasteiger partial charge is 0.311 e. The Bertz CT molecular complexity index is 453. The number of hydrogen-bond acceptors (Lipinski definition) is 3. The van der Waals surface area contributed by atoms with Gasteiger partial charge in [-0.2, -0.15) is 0 Å². The molecule has 0 spiro atoms. The minimum absolute atomic E-state index is 0.0311. The molecule has 1 unspecified atom stereocenters. The minimum atomic E-state index is -0.766. The van der Waals surface area contributed by atoms with E-state index in [2.05, 4.69) is 0 Å². The van der Waals surface area contributed by atoms with Crippen LogP contribution in [0.2, 0.25) is 0 Å². The van der Waals surface area contributed by atoms with E-state index in [0.717, 1.165) is 12.8 Å². The molecule has 0 radical (unpaired) electrons. The topological polar surface area (TPSA) is 57.6 Å². The van der Waals surface area contributed by atoms with Gasteiger partial charge in [-0.1, -0.05) is 19.4 Å². The molecule has 1 atom stereocenters. The van der Waals surface area contributed by atoms with Crippen LogP contribution in [0.25, 0.3) is 0 Å². The molecule has 0 saturated carbocycles. The van der Waals surface area contributed by atoms with Gasteiger partial charge in [0.05, 0.1) is 10.3 Å². The summed E-state index contributed by atoms with van der Waals surface area (Å²) >= 11 is 1.41. The van der Waals surface area contributed by atoms with Gasteiger partial charge in [-0.3, -0.25) is 9.59 Å². The summed E-state index contributed by atoms with van der Waals surface area (Å²) in [7, 11) is 0. The summed E-state index contributed by atoms with van der Waals surface area (Å²) in [6, 6.07) is 3.64. The second-order valence-electron chi connectivity index (χ2n) is 5.14. The van der Waals surface area contributed by atoms with E-state index in [1.54, 1.807) is 11.0 Å². The van der Waals surface area contributed by atoms with Crippen molar-refractivity contribution < 1.29 is 14.7 Å². The summed E-state index contributed by atoms with van der Waals surface area (Å²) in [6.45, 7) is 2.99. The van der Waals surface area contributed by atoms with Crippen molar-refractivity contribution in [1.82, 2.24) is 4.90 Å². The first-order valence-corrected chi connectivity index (χ1v) is 7.53. The second kappa shape index (κ2) is 5.74. The summed E-state index contributed by atoms with van der Waals surface area (Å²) in [5.41, 5.74) is -0.750. The molecule has 5 heteroatoms. The fraction of sp³-hybridized carbons (Fsp3) is 0.571. The number of nitrogens with zero attached hydrogens (tertiary/aromatic N) is 1. The van der Waals surface area contributed by atoms with Crippen LogP contribution < -0.4 is 0 Å². The van der Waals surface area contributed by atoms with Crippen LogP contribution in [0.4, 0.5) is 0 Å². The maximum Gasteiger partial charge on any atom is 0.311 e. The van der Waals surface area contributed by atoms with Crippen LogP contribution in [0.15, 0.2) is 17.5 Å². The average Bonchev–Trinajstić information content (AvgIpc) is 2.92. The van der Waals surface area contributed by atoms with Crippen molar-refractivity contribution in [2.24, 2.45) is 5.41 Å². The second-order valence-corrected chi connectivity index (χ2v) is 6.09. The number of carbonyl (C=O) groups is 2. The Labute approximate surface area is 117 Å². The van der Waals surface area contributed by atoms with Gasteiger partial charge in [0.15, 0.2) is 0 Å². The van der Waals surface area contributed by atoms with Crippen LogP contribution in [0.3, 0.4) is 0 Å². The molecule has 19 heavy (non-hydrogen) atoms. The average molecular weight is 281 g/mol. The van der Waals surface area contributed by atoms with Crippen molar-refractivity contribution in [2.45, 2.75) is 32.6 Å². The van der Waals surface area contributed by atoms with E-state index in [9.17, 15) is 14.7 Å². The highest BCUT2D eigenvalue weighted by Crippen LogP contribution is 2.35. The number of rotatable bonds is 4. The number of thiophene rings is 1. The maximum absolute atomic E-state index is 12.3. The van der Waals surface area contributed by atoms with E-state index in [1.807, 2.05) is 18.4 Å². The van der Waals surface area contributed by atoms with Gasteiger partial charge in [-0.05, 0) is 30.7 Å². The van der Waals surface area contributed by atoms with Gasteiger partial charge in [0, 0.05) is 13.1 Å². The number of hydrogen-bond donors (Lipinski definition) is 1. The predicted molar refractivity (Wildman–Crippen MR) is 74.4 cm³/mol. The highest BCUT2D eigenvalue weighted by molar-refractivity contribution is 7.12. The summed E-state index contributed by atoms with van der Waals surface area (Å²) in [6.07, 6.45) is 2.90. The number of carbonyl (C=O) groups excluding carboxylic acids is 1. The third-order valence-corrected chi connectivity index (χ3v) is 4.64. The molecule has 1 aromatic rings. The molecule has 1 aliphatic heterocycles. The maximum atomic E-state index is 12.3. The number of piperidine rings is 1. The number of carboxylic acids is 1. The van der Waals surface area contributed by atoms with Crippen LogP contribution in [-0.2, 0) is 4.79 Å². The van der Waals surface area contributed by atoms with E-state index in [1.165, 1.54) is 11.3 Å². The Hall–Kier alpha value is -1.36. The van der Waals surface area contributed by atoms with Crippen LogP contribution in [-0.4, -0.2) is 35.0 Å². The zero-order valence-corrected chi connectivity index (χ0v) is 11.9. The molecule has 0 aliphatic carbocycles. The molecule has 4 nitrogen and oxygen atoms in total. The van der Waals surface area contributed by atoms with Gasteiger partial charge in [-0.15, -0.1) is 11.3 Å². The van der Waals surface area contributed by atoms with Crippen molar-refractivity contribution in [3.05, 3.63) is 22.4 Å². The summed E-state index contributed by atoms with van der Waals surface area (Å²) < 4.78 is 0. The molecule has 0 aromatic carbocycles. The van der Waals surface area contributed by atoms with Crippen LogP contribution in [0.5, 0.6) is 0 Å². The Morgan fingerprint density at radius 2 is 2.32 bits per heavy atom. The van der Waals surface area contributed by atoms with Crippen molar-refractivity contribution in [2.75, 3.05) is 13.1 Å². The SMILES string of the molecule is CCCC1(C(=O)O)CCCN(C(=O)c2cccs2)C1. The Balaban J connectivity index is 2.16. The Morgan fingerprint density at radius 1 is 1.53 bits per heavy atom. The summed E-state index contributed by atoms with van der Waals surface area (Å²) in [5, 5.41) is 11.4. The van der Waals surface area contributed by atoms with Gasteiger partial charge >= 0.3 is 5.97 Å². The monoisotopic (exact) mass is 281 g/mol. The third-order valence-electron chi connectivity index (χ3n) is 3.78. The number of amides is 1. The molecule has 1 fully saturated rings. The number of carboxylic acid groups (broad SMARTS) is 1. The van der Waals surface area contributed by atoms with E-state index < -0.39 is 11.4 Å². The largest absolute Gasteiger partial charge is 0.481 e. The first-order chi connectivity index (χ1) is 9.09. The van der Waals surface area contributed by atoms with Gasteiger partial charge in [0.2, 0.25) is 0 Å². The quantitative estimate of drug-likeness (QED) is 0.923. The van der Waals surface area contributed by atoms with Crippen molar-refractivity contribution >= 4 is 23.2 Å². The highest BCUT2D eigenvalue weighted by atomic mass is 32.1. The fourth-order valence-corrected chi connectivity index (χ4v) is 3.52. The van der Waals surface area contributed by atoms with Crippen molar-refractivity contribution in [3.8, 4) is 0 Å². The molecule has 1 saturated heterocycles. The summed E-state index contributed by atoms with van der Waals surface area (Å²) in [4.78, 5) is 26.3. The van der Waals surface area contributed by atoms with Crippen LogP contribution >= 0.6 is 11.3 Å². The van der Waals surface area contributed by atoms with E-state index in [4.69, 9.17) is 0 Å². The van der Waals surface area contributed by atoms with Gasteiger partial charge in [-0.25, -0.2) is 0 Å². The fourth-order valence-electron chi connectivity index (χ4n) is 2.83. The lowest BCUT2D eigenvalue weighted by molar-refractivity contribution is -0.152. The third kappa shape index (κ3) is 2.81. The molecular formula is C14H19NO3S. The molecule has 1 aliphatic rings. The zero-order valence-electron chi connectivity index (χ0n) is 11.1. The van der Waals surface area contributed by atoms with Crippen LogP contribution in [0.1, 0.15) is 42.3 Å². The lowest BCUT2D eigenvalue weighted by Crippen LogP contribution is -2.49. The molecular weight excluding hydrogens is 262 g/mol. The van der Waals surface area contributed by atoms with E-state index in [0.29, 0.717) is 30.8 Å². The first kappa shape index (κ1) is 14.1. The Morgan fingerprint density at radius 3 is 2.89 bits per heavy atom. The standard InChI is InChI=1S/C14H19NO3S/c1-2-6-14(13(17)18)7-4-8-15(10-14)12(16)11-5-3-9-19-11/h3,5,9H,2,4,6-8,10H2,1H3,(H,17,18). The number of aliphatic carboxylic acids is 1. The summed E-state index contributed by atoms with van der Waals surface area (Å²) in [5.74, 6) is -0.797. The number of likely N-dealkylation sites (tertiary alicyclic amines) is 1. The first-order valence-electron chi connectivity index (χ1n) is 6.65. The molecule has 2 heterocycles. The molecule has 0 bridgehead atoms. The molecule has 1 aromatic heterocycles. The highest BCUT2D eigenvalue weighted by Gasteiger charge is 2.42. The van der Waals surface area contributed by atoms with Crippen LogP contribution in [0, 0.1) is 5.41 Å². The Kier molecular flexibility index (Phi) is 4.24.